The van der Waals surface area contributed by atoms with Crippen LogP contribution in [0.25, 0.3) is 0 Å². The van der Waals surface area contributed by atoms with Crippen molar-refractivity contribution in [3.05, 3.63) is 170 Å². The van der Waals surface area contributed by atoms with Gasteiger partial charge in [-0.05, 0) is 97.1 Å². The summed E-state index contributed by atoms with van der Waals surface area (Å²) >= 11 is 0. The molecule has 0 fully saturated rings. The van der Waals surface area contributed by atoms with Gasteiger partial charge in [-0.3, -0.25) is 0 Å². The van der Waals surface area contributed by atoms with Gasteiger partial charge in [-0.1, -0.05) is 72.8 Å². The van der Waals surface area contributed by atoms with E-state index in [0.717, 1.165) is 0 Å². The number of nitrogens with zero attached hydrogens (tertiary/aromatic N) is 6. The molecular formula is C42H30MnN8O10S2. The van der Waals surface area contributed by atoms with Gasteiger partial charge in [0.15, 0.2) is 0 Å². The normalized spacial score (nSPS) is 10.8. The summed E-state index contributed by atoms with van der Waals surface area (Å²) < 4.78 is 89.4. The summed E-state index contributed by atoms with van der Waals surface area (Å²) in [4.78, 5) is 24.6. The van der Waals surface area contributed by atoms with Gasteiger partial charge in [0.2, 0.25) is 11.9 Å². The summed E-state index contributed by atoms with van der Waals surface area (Å²) in [5, 5.41) is 5.83. The van der Waals surface area contributed by atoms with Crippen LogP contribution in [0.1, 0.15) is 0 Å². The molecular weight excluding hydrogens is 896 g/mol. The van der Waals surface area contributed by atoms with Crippen molar-refractivity contribution in [2.75, 3.05) is 10.6 Å². The molecule has 63 heavy (non-hydrogen) atoms. The molecule has 0 aliphatic carbocycles. The average Bonchev–Trinajstić information content (AvgIpc) is 3.25. The van der Waals surface area contributed by atoms with Crippen LogP contribution < -0.4 is 29.6 Å². The summed E-state index contributed by atoms with van der Waals surface area (Å²) in [5.74, 6) is 2.30. The second-order valence-electron chi connectivity index (χ2n) is 12.3. The van der Waals surface area contributed by atoms with Crippen molar-refractivity contribution >= 4 is 43.5 Å². The molecule has 2 aromatic heterocycles. The van der Waals surface area contributed by atoms with Gasteiger partial charge >= 0.3 is 41.1 Å². The van der Waals surface area contributed by atoms with Crippen molar-refractivity contribution in [1.82, 2.24) is 29.9 Å². The van der Waals surface area contributed by atoms with Crippen LogP contribution in [0, 0.1) is 0 Å². The van der Waals surface area contributed by atoms with Gasteiger partial charge in [0.05, 0.1) is 9.79 Å². The Labute approximate surface area is 371 Å². The number of aromatic nitrogens is 6. The molecule has 1 radical (unpaired) electrons. The van der Waals surface area contributed by atoms with E-state index >= 15 is 0 Å². The molecule has 0 unspecified atom stereocenters. The van der Waals surface area contributed by atoms with Crippen LogP contribution in [0.15, 0.2) is 180 Å². The zero-order chi connectivity index (χ0) is 43.4. The van der Waals surface area contributed by atoms with Gasteiger partial charge in [-0.25, -0.2) is 16.8 Å². The smallest absolute Gasteiger partial charge is 0.744 e. The van der Waals surface area contributed by atoms with Crippen molar-refractivity contribution in [1.29, 1.82) is 0 Å². The zero-order valence-corrected chi connectivity index (χ0v) is 34.9. The molecule has 21 heteroatoms. The molecule has 0 aliphatic rings. The third-order valence-corrected chi connectivity index (χ3v) is 9.50. The fraction of sp³-hybridized carbons (Fsp3) is 0. The van der Waals surface area contributed by atoms with E-state index in [2.05, 4.69) is 40.5 Å². The number of hydrogen-bond acceptors (Lipinski definition) is 18. The number of benzene rings is 6. The van der Waals surface area contributed by atoms with Crippen LogP contribution in [0.2, 0.25) is 0 Å². The van der Waals surface area contributed by atoms with E-state index in [0.29, 0.717) is 34.4 Å². The van der Waals surface area contributed by atoms with Gasteiger partial charge in [-0.2, -0.15) is 19.9 Å². The van der Waals surface area contributed by atoms with Crippen LogP contribution >= 0.6 is 0 Å². The number of nitrogens with one attached hydrogen (secondary N) is 2. The number of hydrogen-bond donors (Lipinski definition) is 2. The maximum Gasteiger partial charge on any atom is 2.00 e. The predicted octanol–water partition coefficient (Wildman–Crippen LogP) is 8.21. The molecule has 2 N–H and O–H groups in total. The van der Waals surface area contributed by atoms with Crippen LogP contribution in [0.3, 0.4) is 0 Å². The Morgan fingerprint density at radius 3 is 0.810 bits per heavy atom. The van der Waals surface area contributed by atoms with Crippen molar-refractivity contribution in [3.63, 3.8) is 0 Å². The molecule has 0 saturated carbocycles. The Kier molecular flexibility index (Phi) is 14.9. The summed E-state index contributed by atoms with van der Waals surface area (Å²) in [6.45, 7) is 0. The maximum atomic E-state index is 11.1. The standard InChI is InChI=1S/2C21H16N4O5S.Mn/c2*26-31(27,28)18-13-11-15(12-14-18)22-19-23-20(29-16-7-3-1-4-8-16)25-21(24-19)30-17-9-5-2-6-10-17;/h2*1-14H,(H,26,27,28)(H,22,23,24,25);/q;;+2/p-2. The minimum Gasteiger partial charge on any atom is -0.744 e. The Morgan fingerprint density at radius 2 is 0.587 bits per heavy atom. The van der Waals surface area contributed by atoms with Crippen LogP contribution in [0.4, 0.5) is 23.3 Å². The molecule has 6 aromatic carbocycles. The molecule has 18 nitrogen and oxygen atoms in total. The van der Waals surface area contributed by atoms with E-state index < -0.39 is 20.2 Å². The quantitative estimate of drug-likeness (QED) is 0.0769. The van der Waals surface area contributed by atoms with E-state index in [1.807, 2.05) is 72.8 Å². The third-order valence-electron chi connectivity index (χ3n) is 7.80. The minimum absolute atomic E-state index is 0. The summed E-state index contributed by atoms with van der Waals surface area (Å²) in [6, 6.07) is 46.3. The maximum absolute atomic E-state index is 11.1. The molecule has 2 heterocycles. The summed E-state index contributed by atoms with van der Waals surface area (Å²) in [6.07, 6.45) is 0. The molecule has 8 aromatic rings. The Morgan fingerprint density at radius 1 is 0.349 bits per heavy atom. The van der Waals surface area contributed by atoms with Crippen molar-refractivity contribution < 1.29 is 62.0 Å². The van der Waals surface area contributed by atoms with Crippen LogP contribution in [-0.4, -0.2) is 55.8 Å². The second kappa shape index (κ2) is 20.8. The van der Waals surface area contributed by atoms with Crippen LogP contribution in [0.5, 0.6) is 47.0 Å². The Hall–Kier alpha value is -7.52. The van der Waals surface area contributed by atoms with E-state index in [1.54, 1.807) is 48.5 Å². The molecule has 0 saturated heterocycles. The van der Waals surface area contributed by atoms with E-state index in [-0.39, 0.29) is 62.8 Å². The number of ether oxygens (including phenoxy) is 4. The van der Waals surface area contributed by atoms with E-state index in [9.17, 15) is 25.9 Å². The number of para-hydroxylation sites is 4. The first-order valence-corrected chi connectivity index (χ1v) is 20.8. The fourth-order valence-electron chi connectivity index (χ4n) is 5.01. The second-order valence-corrected chi connectivity index (χ2v) is 15.1. The molecule has 0 amide bonds. The molecule has 8 rings (SSSR count). The van der Waals surface area contributed by atoms with E-state index in [4.69, 9.17) is 18.9 Å². The van der Waals surface area contributed by atoms with Crippen molar-refractivity contribution in [3.8, 4) is 47.0 Å². The first kappa shape index (κ1) is 45.0. The van der Waals surface area contributed by atoms with Gasteiger partial charge in [0.1, 0.15) is 43.2 Å². The largest absolute Gasteiger partial charge is 2.00 e. The summed E-state index contributed by atoms with van der Waals surface area (Å²) in [5.41, 5.74) is 0.907. The van der Waals surface area contributed by atoms with Gasteiger partial charge < -0.3 is 38.7 Å². The average molecular weight is 926 g/mol. The van der Waals surface area contributed by atoms with Gasteiger partial charge in [0.25, 0.3) is 0 Å². The molecule has 0 aliphatic heterocycles. The SMILES string of the molecule is O=S(=O)([O-])c1ccc(Nc2nc(Oc3ccccc3)nc(Oc3ccccc3)n2)cc1.O=S(=O)([O-])c1ccc(Nc2nc(Oc3ccccc3)nc(Oc3ccccc3)n2)cc1.[Mn+2]. The first-order chi connectivity index (χ1) is 29.9. The van der Waals surface area contributed by atoms with Gasteiger partial charge in [-0.15, -0.1) is 9.97 Å². The number of anilines is 4. The Bertz CT molecular complexity index is 2630. The van der Waals surface area contributed by atoms with Crippen LogP contribution in [-0.2, 0) is 37.3 Å². The topological polar surface area (TPSA) is 253 Å². The molecule has 0 spiro atoms. The fourth-order valence-corrected chi connectivity index (χ4v) is 5.95. The summed E-state index contributed by atoms with van der Waals surface area (Å²) in [7, 11) is -9.07. The third kappa shape index (κ3) is 13.7. The van der Waals surface area contributed by atoms with Gasteiger partial charge in [0, 0.05) is 11.4 Å². The van der Waals surface area contributed by atoms with Crippen molar-refractivity contribution in [2.45, 2.75) is 9.79 Å². The van der Waals surface area contributed by atoms with Crippen molar-refractivity contribution in [2.24, 2.45) is 0 Å². The van der Waals surface area contributed by atoms with E-state index in [1.165, 1.54) is 48.5 Å². The zero-order valence-electron chi connectivity index (χ0n) is 32.1. The molecule has 0 bridgehead atoms. The predicted molar refractivity (Wildman–Crippen MR) is 221 cm³/mol. The first-order valence-electron chi connectivity index (χ1n) is 18.0. The number of rotatable bonds is 14. The monoisotopic (exact) mass is 925 g/mol. The minimum atomic E-state index is -4.53. The molecule has 317 valence electrons. The Balaban J connectivity index is 0.000000206. The molecule has 0 atom stereocenters.